The lowest BCUT2D eigenvalue weighted by molar-refractivity contribution is -0.142. The quantitative estimate of drug-likeness (QED) is 0.497. The number of rotatable bonds is 4. The van der Waals surface area contributed by atoms with Crippen LogP contribution in [0.3, 0.4) is 0 Å². The molecule has 0 aromatic rings. The molecular weight excluding hydrogens is 176 g/mol. The van der Waals surface area contributed by atoms with E-state index in [2.05, 4.69) is 0 Å². The minimum Gasteiger partial charge on any atom is -0.487 e. The molecule has 3 nitrogen and oxygen atoms in total. The van der Waals surface area contributed by atoms with Crippen LogP contribution in [0.4, 0.5) is 0 Å². The third-order valence-corrected chi connectivity index (χ3v) is 1.26. The van der Waals surface area contributed by atoms with E-state index in [1.807, 2.05) is 6.92 Å². The minimum absolute atomic E-state index is 0.187. The van der Waals surface area contributed by atoms with Crippen LogP contribution in [-0.4, -0.2) is 24.2 Å². The van der Waals surface area contributed by atoms with Gasteiger partial charge in [-0.15, -0.1) is 0 Å². The van der Waals surface area contributed by atoms with Gasteiger partial charge in [0.2, 0.25) is 0 Å². The van der Waals surface area contributed by atoms with Crippen LogP contribution in [0.5, 0.6) is 0 Å². The lowest BCUT2D eigenvalue weighted by atomic mass is 10.2. The average Bonchev–Trinajstić information content (AvgIpc) is 1.96. The van der Waals surface area contributed by atoms with Gasteiger partial charge in [0.1, 0.15) is 0 Å². The summed E-state index contributed by atoms with van der Waals surface area (Å²) in [6, 6.07) is 0. The van der Waals surface area contributed by atoms with Gasteiger partial charge < -0.3 is 9.47 Å². The molecule has 0 saturated heterocycles. The van der Waals surface area contributed by atoms with Gasteiger partial charge in [-0.2, -0.15) is 0 Å². The molecule has 12 heavy (non-hydrogen) atoms. The van der Waals surface area contributed by atoms with Crippen molar-refractivity contribution in [1.82, 2.24) is 0 Å². The van der Waals surface area contributed by atoms with Crippen molar-refractivity contribution in [2.75, 3.05) is 13.2 Å². The van der Waals surface area contributed by atoms with Crippen molar-refractivity contribution in [3.05, 3.63) is 0 Å². The largest absolute Gasteiger partial charge is 0.487 e. The molecule has 0 spiro atoms. The van der Waals surface area contributed by atoms with E-state index in [4.69, 9.17) is 21.7 Å². The van der Waals surface area contributed by atoms with Crippen LogP contribution in [0.25, 0.3) is 0 Å². The van der Waals surface area contributed by atoms with E-state index in [-0.39, 0.29) is 11.9 Å². The summed E-state index contributed by atoms with van der Waals surface area (Å²) in [5, 5.41) is 0.518. The molecule has 0 aliphatic carbocycles. The maximum Gasteiger partial charge on any atom is 0.302 e. The van der Waals surface area contributed by atoms with Gasteiger partial charge in [0.25, 0.3) is 0 Å². The second kappa shape index (κ2) is 5.94. The minimum atomic E-state index is -0.263. The third-order valence-electron chi connectivity index (χ3n) is 1.14. The summed E-state index contributed by atoms with van der Waals surface area (Å²) < 4.78 is 9.85. The number of ether oxygens (including phenoxy) is 2. The Labute approximate surface area is 78.0 Å². The first-order valence-corrected chi connectivity index (χ1v) is 4.20. The Hall–Kier alpha value is -0.640. The molecule has 0 bridgehead atoms. The van der Waals surface area contributed by atoms with Gasteiger partial charge in [-0.1, -0.05) is 6.92 Å². The standard InChI is InChI=1S/C8H14O3S/c1-6(4-10-7(2)9)5-11-8(3)12/h6H,4-5H2,1-3H3. The summed E-state index contributed by atoms with van der Waals surface area (Å²) in [6.07, 6.45) is 0. The Morgan fingerprint density at radius 1 is 1.33 bits per heavy atom. The van der Waals surface area contributed by atoms with E-state index < -0.39 is 0 Å². The zero-order valence-electron chi connectivity index (χ0n) is 7.62. The maximum atomic E-state index is 10.4. The summed E-state index contributed by atoms with van der Waals surface area (Å²) in [6.45, 7) is 5.92. The van der Waals surface area contributed by atoms with Crippen LogP contribution in [-0.2, 0) is 14.3 Å². The first-order chi connectivity index (χ1) is 5.52. The molecule has 0 aromatic heterocycles. The predicted molar refractivity (Wildman–Crippen MR) is 50.0 cm³/mol. The molecule has 0 aliphatic heterocycles. The summed E-state index contributed by atoms with van der Waals surface area (Å²) >= 11 is 4.72. The van der Waals surface area contributed by atoms with E-state index in [0.717, 1.165) is 0 Å². The number of carbonyl (C=O) groups excluding carboxylic acids is 1. The smallest absolute Gasteiger partial charge is 0.302 e. The Morgan fingerprint density at radius 3 is 2.25 bits per heavy atom. The van der Waals surface area contributed by atoms with Crippen LogP contribution >= 0.6 is 12.2 Å². The normalized spacial score (nSPS) is 11.9. The predicted octanol–water partition coefficient (Wildman–Crippen LogP) is 1.55. The van der Waals surface area contributed by atoms with Crippen LogP contribution in [0.1, 0.15) is 20.8 Å². The SMILES string of the molecule is CC(=O)OCC(C)COC(C)=S. The molecule has 4 heteroatoms. The van der Waals surface area contributed by atoms with E-state index in [0.29, 0.717) is 18.3 Å². The summed E-state index contributed by atoms with van der Waals surface area (Å²) in [5.41, 5.74) is 0. The second-order valence-corrected chi connectivity index (χ2v) is 3.29. The number of esters is 1. The van der Waals surface area contributed by atoms with Crippen molar-refractivity contribution < 1.29 is 14.3 Å². The van der Waals surface area contributed by atoms with Gasteiger partial charge in [-0.25, -0.2) is 0 Å². The lowest BCUT2D eigenvalue weighted by Crippen LogP contribution is -2.15. The molecule has 70 valence electrons. The monoisotopic (exact) mass is 190 g/mol. The number of hydrogen-bond donors (Lipinski definition) is 0. The third kappa shape index (κ3) is 7.47. The van der Waals surface area contributed by atoms with E-state index in [9.17, 15) is 4.79 Å². The van der Waals surface area contributed by atoms with Gasteiger partial charge in [0.05, 0.1) is 13.2 Å². The zero-order chi connectivity index (χ0) is 9.56. The van der Waals surface area contributed by atoms with Crippen LogP contribution in [0, 0.1) is 5.92 Å². The van der Waals surface area contributed by atoms with E-state index >= 15 is 0 Å². The fraction of sp³-hybridized carbons (Fsp3) is 0.750. The molecule has 0 fully saturated rings. The van der Waals surface area contributed by atoms with Crippen molar-refractivity contribution in [3.8, 4) is 0 Å². The molecule has 0 radical (unpaired) electrons. The Bertz CT molecular complexity index is 150. The van der Waals surface area contributed by atoms with Crippen LogP contribution in [0.2, 0.25) is 0 Å². The van der Waals surface area contributed by atoms with E-state index in [1.165, 1.54) is 6.92 Å². The highest BCUT2D eigenvalue weighted by Gasteiger charge is 2.04. The summed E-state index contributed by atoms with van der Waals surface area (Å²) in [7, 11) is 0. The fourth-order valence-electron chi connectivity index (χ4n) is 0.567. The van der Waals surface area contributed by atoms with Crippen molar-refractivity contribution >= 4 is 23.2 Å². The first-order valence-electron chi connectivity index (χ1n) is 3.79. The molecule has 0 rings (SSSR count). The topological polar surface area (TPSA) is 35.5 Å². The molecule has 0 aliphatic rings. The Morgan fingerprint density at radius 2 is 1.83 bits per heavy atom. The van der Waals surface area contributed by atoms with Crippen LogP contribution < -0.4 is 0 Å². The fourth-order valence-corrected chi connectivity index (χ4v) is 0.635. The van der Waals surface area contributed by atoms with Crippen molar-refractivity contribution in [1.29, 1.82) is 0 Å². The molecule has 0 N–H and O–H groups in total. The highest BCUT2D eigenvalue weighted by Crippen LogP contribution is 1.97. The highest BCUT2D eigenvalue weighted by molar-refractivity contribution is 7.80. The van der Waals surface area contributed by atoms with Crippen molar-refractivity contribution in [2.24, 2.45) is 5.92 Å². The van der Waals surface area contributed by atoms with E-state index in [1.54, 1.807) is 6.92 Å². The first kappa shape index (κ1) is 11.4. The number of carbonyl (C=O) groups is 1. The summed E-state index contributed by atoms with van der Waals surface area (Å²) in [5.74, 6) is -0.0762. The molecule has 1 unspecified atom stereocenters. The maximum absolute atomic E-state index is 10.4. The van der Waals surface area contributed by atoms with Gasteiger partial charge in [-0.3, -0.25) is 4.79 Å². The van der Waals surface area contributed by atoms with Crippen molar-refractivity contribution in [2.45, 2.75) is 20.8 Å². The van der Waals surface area contributed by atoms with Gasteiger partial charge in [0, 0.05) is 19.8 Å². The highest BCUT2D eigenvalue weighted by atomic mass is 32.1. The van der Waals surface area contributed by atoms with Gasteiger partial charge >= 0.3 is 5.97 Å². The molecule has 0 amide bonds. The zero-order valence-corrected chi connectivity index (χ0v) is 8.44. The Balaban J connectivity index is 3.39. The van der Waals surface area contributed by atoms with Gasteiger partial charge in [0.15, 0.2) is 5.05 Å². The average molecular weight is 190 g/mol. The molecule has 1 atom stereocenters. The second-order valence-electron chi connectivity index (χ2n) is 2.71. The molecular formula is C8H14O3S. The molecule has 0 saturated carbocycles. The Kier molecular flexibility index (Phi) is 5.62. The lowest BCUT2D eigenvalue weighted by Gasteiger charge is -2.11. The molecule has 0 aromatic carbocycles. The van der Waals surface area contributed by atoms with Gasteiger partial charge in [-0.05, 0) is 12.2 Å². The number of thiocarbonyl (C=S) groups is 1. The molecule has 0 heterocycles. The number of hydrogen-bond acceptors (Lipinski definition) is 4. The van der Waals surface area contributed by atoms with Crippen molar-refractivity contribution in [3.63, 3.8) is 0 Å². The van der Waals surface area contributed by atoms with Crippen LogP contribution in [0.15, 0.2) is 0 Å². The summed E-state index contributed by atoms with van der Waals surface area (Å²) in [4.78, 5) is 10.4.